The van der Waals surface area contributed by atoms with Crippen LogP contribution in [0.2, 0.25) is 0 Å². The van der Waals surface area contributed by atoms with Gasteiger partial charge < -0.3 is 25.2 Å². The van der Waals surface area contributed by atoms with Crippen LogP contribution in [0.15, 0.2) is 30.5 Å². The summed E-state index contributed by atoms with van der Waals surface area (Å²) >= 11 is 0. The fourth-order valence-corrected chi connectivity index (χ4v) is 4.68. The average Bonchev–Trinajstić information content (AvgIpc) is 2.83. The number of carbonyl (C=O) groups is 1. The van der Waals surface area contributed by atoms with E-state index in [0.29, 0.717) is 23.3 Å². The van der Waals surface area contributed by atoms with Crippen LogP contribution in [0.25, 0.3) is 0 Å². The van der Waals surface area contributed by atoms with Gasteiger partial charge in [0, 0.05) is 50.3 Å². The maximum atomic E-state index is 12.9. The van der Waals surface area contributed by atoms with E-state index in [2.05, 4.69) is 37.6 Å². The minimum Gasteiger partial charge on any atom is -0.455 e. The summed E-state index contributed by atoms with van der Waals surface area (Å²) in [6.45, 7) is 5.09. The van der Waals surface area contributed by atoms with Crippen LogP contribution >= 0.6 is 0 Å². The van der Waals surface area contributed by atoms with Crippen LogP contribution in [0, 0.1) is 5.92 Å². The molecule has 2 aliphatic heterocycles. The predicted octanol–water partition coefficient (Wildman–Crippen LogP) is 3.00. The minimum atomic E-state index is -0.0289. The summed E-state index contributed by atoms with van der Waals surface area (Å²) in [6, 6.07) is 8.26. The van der Waals surface area contributed by atoms with Gasteiger partial charge in [0.15, 0.2) is 6.73 Å². The Morgan fingerprint density at radius 1 is 1.10 bits per heavy atom. The molecule has 0 spiro atoms. The average molecular weight is 423 g/mol. The van der Waals surface area contributed by atoms with Crippen molar-refractivity contribution in [3.05, 3.63) is 36.0 Å². The minimum absolute atomic E-state index is 0.0289. The van der Waals surface area contributed by atoms with E-state index in [0.717, 1.165) is 38.4 Å². The summed E-state index contributed by atoms with van der Waals surface area (Å²) in [4.78, 5) is 25.9. The lowest BCUT2D eigenvalue weighted by molar-refractivity contribution is 0.0438. The topological polar surface area (TPSA) is 82.6 Å². The van der Waals surface area contributed by atoms with E-state index >= 15 is 0 Å². The van der Waals surface area contributed by atoms with Gasteiger partial charge in [0.05, 0.1) is 0 Å². The number of piperazine rings is 1. The van der Waals surface area contributed by atoms with Crippen molar-refractivity contribution < 1.29 is 9.53 Å². The molecule has 1 aliphatic carbocycles. The van der Waals surface area contributed by atoms with Crippen LogP contribution in [-0.2, 0) is 0 Å². The Bertz CT molecular complexity index is 907. The number of carbonyl (C=O) groups excluding carboxylic acids is 1. The summed E-state index contributed by atoms with van der Waals surface area (Å²) in [5, 5.41) is 6.59. The second kappa shape index (κ2) is 9.09. The van der Waals surface area contributed by atoms with E-state index in [-0.39, 0.29) is 12.6 Å². The van der Waals surface area contributed by atoms with Crippen LogP contribution in [-0.4, -0.2) is 60.2 Å². The predicted molar refractivity (Wildman–Crippen MR) is 120 cm³/mol. The molecule has 5 rings (SSSR count). The highest BCUT2D eigenvalue weighted by Gasteiger charge is 2.30. The number of benzene rings is 1. The van der Waals surface area contributed by atoms with Gasteiger partial charge in [-0.25, -0.2) is 4.98 Å². The van der Waals surface area contributed by atoms with Gasteiger partial charge >= 0.3 is 0 Å². The van der Waals surface area contributed by atoms with Crippen LogP contribution in [0.5, 0.6) is 5.88 Å². The number of nitrogens with zero attached hydrogens (tertiary/aromatic N) is 4. The molecule has 8 heteroatoms. The lowest BCUT2D eigenvalue weighted by Crippen LogP contribution is -2.43. The Morgan fingerprint density at radius 2 is 1.87 bits per heavy atom. The molecule has 3 aliphatic rings. The van der Waals surface area contributed by atoms with E-state index in [1.54, 1.807) is 11.1 Å². The van der Waals surface area contributed by atoms with E-state index in [4.69, 9.17) is 4.74 Å². The molecule has 164 valence electrons. The van der Waals surface area contributed by atoms with E-state index in [1.807, 2.05) is 12.1 Å². The number of aromatic nitrogens is 2. The third-order valence-electron chi connectivity index (χ3n) is 6.44. The number of nitrogens with one attached hydrogen (secondary N) is 2. The standard InChI is InChI=1S/C23H30N6O2/c30-22-20-14-25-23(26-18-6-8-19(9-7-18)28-12-10-24-11-13-28)27-21(20)31-16-29(22)15-17-4-2-1-3-5-17/h6-9,14,17,24H,1-5,10-13,15-16H2,(H,25,26,27). The molecule has 0 radical (unpaired) electrons. The number of hydrogen-bond acceptors (Lipinski definition) is 7. The number of hydrogen-bond donors (Lipinski definition) is 2. The largest absolute Gasteiger partial charge is 0.455 e. The smallest absolute Gasteiger partial charge is 0.263 e. The molecule has 3 heterocycles. The van der Waals surface area contributed by atoms with E-state index < -0.39 is 0 Å². The monoisotopic (exact) mass is 422 g/mol. The van der Waals surface area contributed by atoms with Crippen molar-refractivity contribution in [2.45, 2.75) is 32.1 Å². The van der Waals surface area contributed by atoms with Gasteiger partial charge in [0.2, 0.25) is 11.8 Å². The lowest BCUT2D eigenvalue weighted by Gasteiger charge is -2.32. The van der Waals surface area contributed by atoms with Crippen LogP contribution in [0.1, 0.15) is 42.5 Å². The highest BCUT2D eigenvalue weighted by molar-refractivity contribution is 5.97. The van der Waals surface area contributed by atoms with E-state index in [9.17, 15) is 4.79 Å². The number of fused-ring (bicyclic) bond motifs is 1. The molecule has 1 aromatic heterocycles. The maximum Gasteiger partial charge on any atom is 0.263 e. The molecule has 0 unspecified atom stereocenters. The number of ether oxygens (including phenoxy) is 1. The molecular formula is C23H30N6O2. The zero-order chi connectivity index (χ0) is 21.0. The molecule has 1 amide bonds. The van der Waals surface area contributed by atoms with Gasteiger partial charge in [-0.05, 0) is 43.0 Å². The van der Waals surface area contributed by atoms with Crippen LogP contribution < -0.4 is 20.3 Å². The van der Waals surface area contributed by atoms with Crippen molar-refractivity contribution >= 4 is 23.2 Å². The fourth-order valence-electron chi connectivity index (χ4n) is 4.68. The number of amides is 1. The van der Waals surface area contributed by atoms with Crippen molar-refractivity contribution in [3.8, 4) is 5.88 Å². The van der Waals surface area contributed by atoms with Gasteiger partial charge in [-0.2, -0.15) is 4.98 Å². The third-order valence-corrected chi connectivity index (χ3v) is 6.44. The molecule has 0 atom stereocenters. The number of anilines is 3. The van der Waals surface area contributed by atoms with Crippen molar-refractivity contribution in [3.63, 3.8) is 0 Å². The number of rotatable bonds is 5. The summed E-state index contributed by atoms with van der Waals surface area (Å²) < 4.78 is 5.83. The van der Waals surface area contributed by atoms with Gasteiger partial charge in [-0.1, -0.05) is 19.3 Å². The molecule has 8 nitrogen and oxygen atoms in total. The normalized spacial score (nSPS) is 19.7. The maximum absolute atomic E-state index is 12.9. The molecule has 1 saturated heterocycles. The Hall–Kier alpha value is -2.87. The first kappa shape index (κ1) is 20.1. The molecule has 1 aromatic carbocycles. The molecule has 2 fully saturated rings. The molecular weight excluding hydrogens is 392 g/mol. The van der Waals surface area contributed by atoms with Crippen LogP contribution in [0.3, 0.4) is 0 Å². The first-order valence-corrected chi connectivity index (χ1v) is 11.4. The zero-order valence-electron chi connectivity index (χ0n) is 17.8. The Balaban J connectivity index is 1.23. The fraction of sp³-hybridized carbons (Fsp3) is 0.522. The van der Waals surface area contributed by atoms with Crippen molar-refractivity contribution in [2.75, 3.05) is 49.7 Å². The molecule has 2 aromatic rings. The SMILES string of the molecule is O=C1c2cnc(Nc3ccc(N4CCNCC4)cc3)nc2OCN1CC1CCCCC1. The second-order valence-electron chi connectivity index (χ2n) is 8.63. The third kappa shape index (κ3) is 4.58. The molecule has 2 N–H and O–H groups in total. The first-order valence-electron chi connectivity index (χ1n) is 11.4. The Morgan fingerprint density at radius 3 is 2.65 bits per heavy atom. The van der Waals surface area contributed by atoms with Gasteiger partial charge in [0.25, 0.3) is 5.91 Å². The summed E-state index contributed by atoms with van der Waals surface area (Å²) in [5.41, 5.74) is 2.56. The molecule has 0 bridgehead atoms. The summed E-state index contributed by atoms with van der Waals surface area (Å²) in [6.07, 6.45) is 7.81. The highest BCUT2D eigenvalue weighted by Crippen LogP contribution is 2.29. The Labute approximate surface area is 183 Å². The quantitative estimate of drug-likeness (QED) is 0.766. The summed E-state index contributed by atoms with van der Waals surface area (Å²) in [7, 11) is 0. The van der Waals surface area contributed by atoms with Crippen molar-refractivity contribution in [2.24, 2.45) is 5.92 Å². The lowest BCUT2D eigenvalue weighted by atomic mass is 9.89. The van der Waals surface area contributed by atoms with Gasteiger partial charge in [-0.15, -0.1) is 0 Å². The van der Waals surface area contributed by atoms with Gasteiger partial charge in [0.1, 0.15) is 5.56 Å². The van der Waals surface area contributed by atoms with Gasteiger partial charge in [-0.3, -0.25) is 4.79 Å². The molecule has 1 saturated carbocycles. The molecule has 31 heavy (non-hydrogen) atoms. The summed E-state index contributed by atoms with van der Waals surface area (Å²) in [5.74, 6) is 1.34. The zero-order valence-corrected chi connectivity index (χ0v) is 17.8. The Kier molecular flexibility index (Phi) is 5.88. The van der Waals surface area contributed by atoms with Crippen molar-refractivity contribution in [1.82, 2.24) is 20.2 Å². The second-order valence-corrected chi connectivity index (χ2v) is 8.63. The van der Waals surface area contributed by atoms with Crippen LogP contribution in [0.4, 0.5) is 17.3 Å². The van der Waals surface area contributed by atoms with Crippen molar-refractivity contribution in [1.29, 1.82) is 0 Å². The highest BCUT2D eigenvalue weighted by atomic mass is 16.5. The first-order chi connectivity index (χ1) is 15.3. The van der Waals surface area contributed by atoms with E-state index in [1.165, 1.54) is 37.8 Å².